The minimum absolute atomic E-state index is 0.125. The van der Waals surface area contributed by atoms with Gasteiger partial charge in [-0.05, 0) is 54.8 Å². The van der Waals surface area contributed by atoms with Gasteiger partial charge in [0, 0.05) is 23.7 Å². The molecule has 2 aromatic carbocycles. The molecule has 0 saturated carbocycles. The van der Waals surface area contributed by atoms with Crippen molar-refractivity contribution in [2.45, 2.75) is 18.6 Å². The number of piperidine rings is 1. The molecule has 1 aromatic heterocycles. The Morgan fingerprint density at radius 3 is 2.61 bits per heavy atom. The average molecular weight is 507 g/mol. The maximum absolute atomic E-state index is 12.9. The monoisotopic (exact) mass is 506 g/mol. The zero-order chi connectivity index (χ0) is 23.4. The number of carbonyl (C=O) groups is 1. The van der Waals surface area contributed by atoms with Crippen molar-refractivity contribution in [3.8, 4) is 16.3 Å². The van der Waals surface area contributed by atoms with Gasteiger partial charge >= 0.3 is 0 Å². The smallest absolute Gasteiger partial charge is 0.230 e. The number of aromatic nitrogens is 2. The first kappa shape index (κ1) is 23.6. The summed E-state index contributed by atoms with van der Waals surface area (Å²) in [6, 6.07) is 14.1. The van der Waals surface area contributed by atoms with Crippen molar-refractivity contribution in [1.82, 2.24) is 14.5 Å². The summed E-state index contributed by atoms with van der Waals surface area (Å²) in [4.78, 5) is 12.8. The summed E-state index contributed by atoms with van der Waals surface area (Å²) in [7, 11) is -1.95. The van der Waals surface area contributed by atoms with E-state index in [1.807, 2.05) is 24.3 Å². The van der Waals surface area contributed by atoms with Crippen LogP contribution in [0.1, 0.15) is 18.4 Å². The first-order valence-electron chi connectivity index (χ1n) is 10.3. The number of anilines is 1. The fourth-order valence-electron chi connectivity index (χ4n) is 3.62. The lowest BCUT2D eigenvalue weighted by Gasteiger charge is -2.31. The molecule has 1 fully saturated rings. The van der Waals surface area contributed by atoms with E-state index < -0.39 is 15.9 Å². The van der Waals surface area contributed by atoms with E-state index in [-0.39, 0.29) is 18.2 Å². The van der Waals surface area contributed by atoms with Crippen molar-refractivity contribution in [3.05, 3.63) is 59.1 Å². The van der Waals surface area contributed by atoms with E-state index in [4.69, 9.17) is 16.3 Å². The molecule has 33 heavy (non-hydrogen) atoms. The highest BCUT2D eigenvalue weighted by atomic mass is 35.5. The number of carbonyl (C=O) groups excluding carboxylic acids is 1. The van der Waals surface area contributed by atoms with E-state index in [2.05, 4.69) is 15.5 Å². The normalized spacial score (nSPS) is 17.0. The molecule has 174 valence electrons. The molecule has 11 heteroatoms. The predicted octanol–water partition coefficient (Wildman–Crippen LogP) is 4.05. The van der Waals surface area contributed by atoms with Gasteiger partial charge in [-0.25, -0.2) is 12.7 Å². The minimum atomic E-state index is -3.55. The molecule has 0 radical (unpaired) electrons. The zero-order valence-electron chi connectivity index (χ0n) is 17.9. The largest absolute Gasteiger partial charge is 0.497 e. The summed E-state index contributed by atoms with van der Waals surface area (Å²) in [5, 5.41) is 12.6. The van der Waals surface area contributed by atoms with Crippen LogP contribution in [0.2, 0.25) is 5.02 Å². The number of nitrogens with zero attached hydrogens (tertiary/aromatic N) is 3. The van der Waals surface area contributed by atoms with E-state index in [1.165, 1.54) is 15.6 Å². The Morgan fingerprint density at radius 1 is 1.18 bits per heavy atom. The lowest BCUT2D eigenvalue weighted by atomic mass is 9.99. The zero-order valence-corrected chi connectivity index (χ0v) is 20.3. The van der Waals surface area contributed by atoms with Gasteiger partial charge < -0.3 is 10.1 Å². The van der Waals surface area contributed by atoms with Gasteiger partial charge in [0.05, 0.1) is 18.8 Å². The second kappa shape index (κ2) is 10.2. The van der Waals surface area contributed by atoms with Gasteiger partial charge in [-0.15, -0.1) is 10.2 Å². The van der Waals surface area contributed by atoms with Crippen LogP contribution in [0.5, 0.6) is 5.75 Å². The van der Waals surface area contributed by atoms with Crippen molar-refractivity contribution in [2.24, 2.45) is 5.92 Å². The van der Waals surface area contributed by atoms with Gasteiger partial charge in [0.25, 0.3) is 0 Å². The number of nitrogens with one attached hydrogen (secondary N) is 1. The van der Waals surface area contributed by atoms with Crippen molar-refractivity contribution >= 4 is 44.0 Å². The van der Waals surface area contributed by atoms with Crippen LogP contribution in [-0.2, 0) is 20.6 Å². The van der Waals surface area contributed by atoms with Crippen LogP contribution < -0.4 is 10.1 Å². The Hall–Kier alpha value is -2.53. The standard InChI is InChI=1S/C22H23ClN4O4S2/c1-31-19-10-6-16(7-11-19)21-25-26-22(32-21)24-20(28)17-3-2-12-27(13-17)33(29,30)14-15-4-8-18(23)9-5-15/h4-11,17H,2-3,12-14H2,1H3,(H,24,26,28)/t17-/m1/s1. The summed E-state index contributed by atoms with van der Waals surface area (Å²) in [5.74, 6) is -0.0873. The minimum Gasteiger partial charge on any atom is -0.497 e. The van der Waals surface area contributed by atoms with E-state index in [9.17, 15) is 13.2 Å². The SMILES string of the molecule is COc1ccc(-c2nnc(NC(=O)[C@@H]3CCCN(S(=O)(=O)Cc4ccc(Cl)cc4)C3)s2)cc1. The molecule has 0 unspecified atom stereocenters. The summed E-state index contributed by atoms with van der Waals surface area (Å²) in [6.45, 7) is 0.548. The Morgan fingerprint density at radius 2 is 1.91 bits per heavy atom. The van der Waals surface area contributed by atoms with Crippen molar-refractivity contribution < 1.29 is 17.9 Å². The Bertz CT molecular complexity index is 1210. The van der Waals surface area contributed by atoms with Crippen LogP contribution in [0.25, 0.3) is 10.6 Å². The van der Waals surface area contributed by atoms with Crippen LogP contribution in [-0.4, -0.2) is 49.0 Å². The molecule has 8 nitrogen and oxygen atoms in total. The lowest BCUT2D eigenvalue weighted by Crippen LogP contribution is -2.44. The van der Waals surface area contributed by atoms with E-state index in [0.29, 0.717) is 40.1 Å². The average Bonchev–Trinajstić information content (AvgIpc) is 3.29. The predicted molar refractivity (Wildman–Crippen MR) is 129 cm³/mol. The molecule has 0 bridgehead atoms. The van der Waals surface area contributed by atoms with Gasteiger partial charge in [0.15, 0.2) is 0 Å². The second-order valence-electron chi connectivity index (χ2n) is 7.71. The Labute approximate surface area is 201 Å². The van der Waals surface area contributed by atoms with E-state index in [0.717, 1.165) is 11.3 Å². The summed E-state index contributed by atoms with van der Waals surface area (Å²) in [5.41, 5.74) is 1.52. The molecule has 1 aliphatic heterocycles. The highest BCUT2D eigenvalue weighted by Gasteiger charge is 2.32. The summed E-state index contributed by atoms with van der Waals surface area (Å²) in [6.07, 6.45) is 1.23. The van der Waals surface area contributed by atoms with Crippen LogP contribution in [0, 0.1) is 5.92 Å². The first-order valence-corrected chi connectivity index (χ1v) is 13.2. The molecule has 1 atom stereocenters. The molecule has 4 rings (SSSR count). The molecule has 2 heterocycles. The molecule has 1 saturated heterocycles. The quantitative estimate of drug-likeness (QED) is 0.518. The van der Waals surface area contributed by atoms with Crippen molar-refractivity contribution in [3.63, 3.8) is 0 Å². The Balaban J connectivity index is 1.38. The number of methoxy groups -OCH3 is 1. The molecule has 3 aromatic rings. The number of sulfonamides is 1. The third-order valence-electron chi connectivity index (χ3n) is 5.40. The van der Waals surface area contributed by atoms with Gasteiger partial charge in [-0.3, -0.25) is 4.79 Å². The number of benzene rings is 2. The van der Waals surface area contributed by atoms with Gasteiger partial charge in [-0.1, -0.05) is 35.1 Å². The van der Waals surface area contributed by atoms with Crippen LogP contribution in [0.4, 0.5) is 5.13 Å². The van der Waals surface area contributed by atoms with Crippen molar-refractivity contribution in [2.75, 3.05) is 25.5 Å². The lowest BCUT2D eigenvalue weighted by molar-refractivity contribution is -0.120. The summed E-state index contributed by atoms with van der Waals surface area (Å²) < 4.78 is 32.4. The molecular formula is C22H23ClN4O4S2. The number of hydrogen-bond acceptors (Lipinski definition) is 7. The number of amides is 1. The molecular weight excluding hydrogens is 484 g/mol. The van der Waals surface area contributed by atoms with Crippen LogP contribution in [0.15, 0.2) is 48.5 Å². The molecule has 1 aliphatic rings. The van der Waals surface area contributed by atoms with Gasteiger partial charge in [0.2, 0.25) is 21.1 Å². The topological polar surface area (TPSA) is 101 Å². The highest BCUT2D eigenvalue weighted by Crippen LogP contribution is 2.29. The molecule has 1 N–H and O–H groups in total. The van der Waals surface area contributed by atoms with Crippen LogP contribution >= 0.6 is 22.9 Å². The number of ether oxygens (including phenoxy) is 1. The fourth-order valence-corrected chi connectivity index (χ4v) is 6.11. The third kappa shape index (κ3) is 5.89. The van der Waals surface area contributed by atoms with Gasteiger partial charge in [0.1, 0.15) is 10.8 Å². The van der Waals surface area contributed by atoms with Gasteiger partial charge in [-0.2, -0.15) is 0 Å². The molecule has 1 amide bonds. The van der Waals surface area contributed by atoms with Crippen LogP contribution in [0.3, 0.4) is 0 Å². The third-order valence-corrected chi connectivity index (χ3v) is 8.36. The fraction of sp³-hybridized carbons (Fsp3) is 0.318. The molecule has 0 aliphatic carbocycles. The number of rotatable bonds is 7. The first-order chi connectivity index (χ1) is 15.8. The second-order valence-corrected chi connectivity index (χ2v) is 11.1. The number of halogens is 1. The molecule has 0 spiro atoms. The van der Waals surface area contributed by atoms with E-state index >= 15 is 0 Å². The number of hydrogen-bond donors (Lipinski definition) is 1. The van der Waals surface area contributed by atoms with Crippen molar-refractivity contribution in [1.29, 1.82) is 0 Å². The van der Waals surface area contributed by atoms with E-state index in [1.54, 1.807) is 31.4 Å². The maximum Gasteiger partial charge on any atom is 0.230 e. The summed E-state index contributed by atoms with van der Waals surface area (Å²) >= 11 is 7.15. The maximum atomic E-state index is 12.9. The Kier molecular flexibility index (Phi) is 7.28. The highest BCUT2D eigenvalue weighted by molar-refractivity contribution is 7.88.